The summed E-state index contributed by atoms with van der Waals surface area (Å²) in [6.07, 6.45) is 5.74. The van der Waals surface area contributed by atoms with Gasteiger partial charge in [-0.05, 0) is 80.5 Å². The molecule has 5 N–H and O–H groups in total. The molecule has 0 spiro atoms. The lowest BCUT2D eigenvalue weighted by Gasteiger charge is -2.37. The highest BCUT2D eigenvalue weighted by Crippen LogP contribution is 2.53. The predicted octanol–water partition coefficient (Wildman–Crippen LogP) is 10.2. The zero-order valence-electron chi connectivity index (χ0n) is 39.7. The van der Waals surface area contributed by atoms with Gasteiger partial charge in [0, 0.05) is 64.6 Å². The summed E-state index contributed by atoms with van der Waals surface area (Å²) in [7, 11) is 3.02. The van der Waals surface area contributed by atoms with Crippen molar-refractivity contribution in [2.45, 2.75) is 90.3 Å². The van der Waals surface area contributed by atoms with Gasteiger partial charge in [0.1, 0.15) is 39.3 Å². The molecule has 0 radical (unpaired) electrons. The molecule has 4 unspecified atom stereocenters. The molecule has 4 atom stereocenters. The molecule has 6 aromatic rings. The van der Waals surface area contributed by atoms with Gasteiger partial charge >= 0.3 is 0 Å². The quantitative estimate of drug-likeness (QED) is 0.0466. The number of unbranched alkanes of at least 4 members (excludes halogenated alkanes) is 2. The lowest BCUT2D eigenvalue weighted by molar-refractivity contribution is -0.118. The number of ether oxygens (including phenoxy) is 2. The van der Waals surface area contributed by atoms with Crippen molar-refractivity contribution < 1.29 is 27.8 Å². The number of aryl methyl sites for hydroxylation is 1. The van der Waals surface area contributed by atoms with E-state index >= 15 is 8.78 Å². The van der Waals surface area contributed by atoms with Crippen LogP contribution >= 0.6 is 34.8 Å². The van der Waals surface area contributed by atoms with Gasteiger partial charge in [-0.2, -0.15) is 10.2 Å². The number of anilines is 2. The number of rotatable bonds is 14. The van der Waals surface area contributed by atoms with Crippen molar-refractivity contribution in [1.82, 2.24) is 30.2 Å². The minimum Gasteiger partial charge on any atom is -0.496 e. The molecular formula is C52H52Cl3F2N9O4. The van der Waals surface area contributed by atoms with E-state index < -0.39 is 46.4 Å². The highest BCUT2D eigenvalue weighted by atomic mass is 35.5. The van der Waals surface area contributed by atoms with Crippen LogP contribution in [-0.4, -0.2) is 64.2 Å². The summed E-state index contributed by atoms with van der Waals surface area (Å²) in [6.45, 7) is 10.5. The van der Waals surface area contributed by atoms with E-state index in [9.17, 15) is 14.9 Å². The van der Waals surface area contributed by atoms with Gasteiger partial charge in [-0.3, -0.25) is 14.6 Å². The predicted molar refractivity (Wildman–Crippen MR) is 269 cm³/mol. The van der Waals surface area contributed by atoms with Crippen LogP contribution < -0.4 is 31.2 Å². The van der Waals surface area contributed by atoms with E-state index in [0.717, 1.165) is 28.6 Å². The number of carbonyl (C=O) groups is 2. The molecule has 1 fully saturated rings. The van der Waals surface area contributed by atoms with E-state index in [1.54, 1.807) is 13.3 Å². The topological polar surface area (TPSA) is 182 Å². The van der Waals surface area contributed by atoms with Gasteiger partial charge in [0.2, 0.25) is 11.9 Å². The molecular weight excluding hydrogens is 959 g/mol. The molecule has 70 heavy (non-hydrogen) atoms. The Morgan fingerprint density at radius 3 is 2.50 bits per heavy atom. The summed E-state index contributed by atoms with van der Waals surface area (Å²) < 4.78 is 45.4. The number of nitrogens with two attached hydrogens (primary N) is 1. The lowest BCUT2D eigenvalue weighted by Crippen LogP contribution is -2.45. The van der Waals surface area contributed by atoms with Gasteiger partial charge in [-0.15, -0.1) is 0 Å². The average molecular weight is 1010 g/mol. The number of hydrogen-bond donors (Lipinski definition) is 4. The molecule has 18 heteroatoms. The van der Waals surface area contributed by atoms with Crippen LogP contribution in [-0.2, 0) is 16.8 Å². The highest BCUT2D eigenvalue weighted by molar-refractivity contribution is 6.34. The van der Waals surface area contributed by atoms with Crippen molar-refractivity contribution in [3.05, 3.63) is 133 Å². The number of aromatic nitrogens is 4. The standard InChI is InChI=1S/C52H52Cl3F2N9O4/c1-28-24-61-38(29(2)45(28)70-7)26-66-25-31(41-46(55)64-50(59)65-47(41)66)13-10-8-9-11-20-60-48(67)30-16-19-37(39(21-30)69-6)62-49(68)44-42(33-14-12-15-35(54)43(33)57)52(27-58,40(63-44)23-51(3,4)5)34-18-17-32(53)22-36(34)56/h12,14-19,21-22,24-25,40,42,44,63H,8-9,11,20,23,26H2,1-7H3,(H,60,67)(H,62,68)(H2,59,64,65). The summed E-state index contributed by atoms with van der Waals surface area (Å²) in [5.41, 5.74) is 7.91. The Hall–Kier alpha value is -6.49. The normalized spacial score (nSPS) is 17.7. The highest BCUT2D eigenvalue weighted by Gasteiger charge is 2.61. The lowest BCUT2D eigenvalue weighted by atomic mass is 9.62. The Morgan fingerprint density at radius 2 is 1.80 bits per heavy atom. The van der Waals surface area contributed by atoms with Crippen molar-refractivity contribution in [3.8, 4) is 29.4 Å². The Balaban J connectivity index is 1.04. The van der Waals surface area contributed by atoms with Crippen LogP contribution in [0.1, 0.15) is 96.2 Å². The molecule has 13 nitrogen and oxygen atoms in total. The number of benzene rings is 3. The summed E-state index contributed by atoms with van der Waals surface area (Å²) >= 11 is 19.0. The zero-order valence-corrected chi connectivity index (χ0v) is 41.9. The van der Waals surface area contributed by atoms with E-state index in [2.05, 4.69) is 48.8 Å². The van der Waals surface area contributed by atoms with E-state index in [4.69, 9.17) is 50.0 Å². The summed E-state index contributed by atoms with van der Waals surface area (Å²) in [5.74, 6) is 3.45. The first kappa shape index (κ1) is 51.4. The van der Waals surface area contributed by atoms with Crippen molar-refractivity contribution in [2.75, 3.05) is 31.8 Å². The third-order valence-corrected chi connectivity index (χ3v) is 13.3. The van der Waals surface area contributed by atoms with Crippen LogP contribution in [0.15, 0.2) is 67.0 Å². The smallest absolute Gasteiger partial charge is 0.251 e. The van der Waals surface area contributed by atoms with Crippen molar-refractivity contribution >= 4 is 69.3 Å². The van der Waals surface area contributed by atoms with Gasteiger partial charge < -0.3 is 35.7 Å². The second-order valence-electron chi connectivity index (χ2n) is 18.4. The summed E-state index contributed by atoms with van der Waals surface area (Å²) in [4.78, 5) is 41.2. The van der Waals surface area contributed by atoms with Crippen molar-refractivity contribution in [2.24, 2.45) is 5.41 Å². The van der Waals surface area contributed by atoms with Crippen molar-refractivity contribution in [3.63, 3.8) is 0 Å². The van der Waals surface area contributed by atoms with E-state index in [-0.39, 0.29) is 55.2 Å². The SMILES string of the molecule is COc1cc(C(=O)NCCCCC#Cc2cn(Cc3ncc(C)c(OC)c3C)c3nc(N)nc(Cl)c23)ccc1NC(=O)C1NC(CC(C)(C)C)C(C#N)(c2ccc(Cl)cc2F)C1c1cccc(Cl)c1F. The van der Waals surface area contributed by atoms with E-state index in [1.165, 1.54) is 55.6 Å². The fourth-order valence-electron chi connectivity index (χ4n) is 9.27. The number of fused-ring (bicyclic) bond motifs is 1. The van der Waals surface area contributed by atoms with Crippen LogP contribution in [0.25, 0.3) is 11.0 Å². The van der Waals surface area contributed by atoms with Gasteiger partial charge in [-0.1, -0.05) is 85.6 Å². The number of pyridine rings is 1. The third-order valence-electron chi connectivity index (χ3n) is 12.4. The van der Waals surface area contributed by atoms with Crippen LogP contribution in [0.5, 0.6) is 11.5 Å². The molecule has 0 bridgehead atoms. The number of nitrogen functional groups attached to an aromatic ring is 1. The fraction of sp³-hybridized carbons (Fsp3) is 0.346. The Labute approximate surface area is 420 Å². The molecule has 1 aliphatic rings. The molecule has 2 amide bonds. The first-order valence-electron chi connectivity index (χ1n) is 22.4. The van der Waals surface area contributed by atoms with Crippen LogP contribution in [0.4, 0.5) is 20.4 Å². The number of amides is 2. The van der Waals surface area contributed by atoms with E-state index in [1.807, 2.05) is 45.4 Å². The third kappa shape index (κ3) is 10.5. The number of nitrogens with one attached hydrogen (secondary N) is 3. The fourth-order valence-corrected chi connectivity index (χ4v) is 9.88. The largest absolute Gasteiger partial charge is 0.496 e. The maximum Gasteiger partial charge on any atom is 0.251 e. The summed E-state index contributed by atoms with van der Waals surface area (Å²) in [5, 5.41) is 20.9. The molecule has 3 aromatic carbocycles. The van der Waals surface area contributed by atoms with Gasteiger partial charge in [0.15, 0.2) is 0 Å². The number of hydrogen-bond acceptors (Lipinski definition) is 10. The molecule has 7 rings (SSSR count). The van der Waals surface area contributed by atoms with Gasteiger partial charge in [0.25, 0.3) is 5.91 Å². The monoisotopic (exact) mass is 1010 g/mol. The van der Waals surface area contributed by atoms with Crippen LogP contribution in [0.3, 0.4) is 0 Å². The van der Waals surface area contributed by atoms with Crippen molar-refractivity contribution in [1.29, 1.82) is 5.26 Å². The Morgan fingerprint density at radius 1 is 1.03 bits per heavy atom. The number of carbonyl (C=O) groups excluding carboxylic acids is 2. The van der Waals surface area contributed by atoms with Gasteiger partial charge in [0.05, 0.1) is 60.2 Å². The molecule has 3 aromatic heterocycles. The number of nitrogens with zero attached hydrogens (tertiary/aromatic N) is 5. The maximum atomic E-state index is 16.2. The molecule has 1 aliphatic heterocycles. The first-order valence-corrected chi connectivity index (χ1v) is 23.6. The Kier molecular flexibility index (Phi) is 15.6. The molecule has 0 saturated carbocycles. The molecule has 0 aliphatic carbocycles. The molecule has 4 heterocycles. The minimum absolute atomic E-state index is 0.0363. The second kappa shape index (κ2) is 21.2. The average Bonchev–Trinajstić information content (AvgIpc) is 3.82. The summed E-state index contributed by atoms with van der Waals surface area (Å²) in [6, 6.07) is 13.0. The second-order valence-corrected chi connectivity index (χ2v) is 19.6. The molecule has 1 saturated heterocycles. The number of methoxy groups -OCH3 is 2. The van der Waals surface area contributed by atoms with Crippen LogP contribution in [0, 0.1) is 54.1 Å². The number of halogens is 5. The molecule has 364 valence electrons. The Bertz CT molecular complexity index is 3110. The minimum atomic E-state index is -1.82. The first-order chi connectivity index (χ1) is 33.3. The van der Waals surface area contributed by atoms with Gasteiger partial charge in [-0.25, -0.2) is 13.8 Å². The number of nitriles is 1. The van der Waals surface area contributed by atoms with Crippen LogP contribution in [0.2, 0.25) is 15.2 Å². The maximum absolute atomic E-state index is 16.2. The van der Waals surface area contributed by atoms with E-state index in [0.29, 0.717) is 55.4 Å². The zero-order chi connectivity index (χ0) is 50.7.